The summed E-state index contributed by atoms with van der Waals surface area (Å²) in [6, 6.07) is 0. The number of aliphatic hydroxyl groups is 3. The third kappa shape index (κ3) is 1.20. The van der Waals surface area contributed by atoms with Crippen LogP contribution in [0.5, 0.6) is 0 Å². The molecule has 0 aliphatic carbocycles. The topological polar surface area (TPSA) is 105 Å². The van der Waals surface area contributed by atoms with Crippen LogP contribution in [-0.2, 0) is 18.1 Å². The highest BCUT2D eigenvalue weighted by Gasteiger charge is 2.77. The van der Waals surface area contributed by atoms with Gasteiger partial charge in [0.25, 0.3) is 0 Å². The zero-order chi connectivity index (χ0) is 11.3. The lowest BCUT2D eigenvalue weighted by atomic mass is 9.78. The Labute approximate surface area is 86.2 Å². The lowest BCUT2D eigenvalue weighted by Gasteiger charge is -2.47. The normalized spacial score (nSPS) is 44.1. The van der Waals surface area contributed by atoms with Gasteiger partial charge in [-0.2, -0.15) is 0 Å². The molecule has 2 bridgehead atoms. The molecule has 3 heterocycles. The van der Waals surface area contributed by atoms with Crippen LogP contribution in [0.15, 0.2) is 0 Å². The fourth-order valence-corrected chi connectivity index (χ4v) is 3.87. The summed E-state index contributed by atoms with van der Waals surface area (Å²) in [5.41, 5.74) is -1.42. The second kappa shape index (κ2) is 3.24. The van der Waals surface area contributed by atoms with Crippen molar-refractivity contribution in [2.75, 3.05) is 19.8 Å². The van der Waals surface area contributed by atoms with E-state index in [1.807, 2.05) is 0 Å². The first-order valence-corrected chi connectivity index (χ1v) is 5.96. The number of hydrogen-bond donors (Lipinski definition) is 3. The highest BCUT2D eigenvalue weighted by Crippen LogP contribution is 2.77. The predicted molar refractivity (Wildman–Crippen MR) is 46.7 cm³/mol. The first-order valence-electron chi connectivity index (χ1n) is 4.50. The van der Waals surface area contributed by atoms with E-state index < -0.39 is 44.9 Å². The molecule has 3 aliphatic rings. The lowest BCUT2D eigenvalue weighted by molar-refractivity contribution is -0.283. The molecule has 3 N–H and O–H groups in total. The molecule has 0 radical (unpaired) electrons. The Balaban J connectivity index is 2.34. The van der Waals surface area contributed by atoms with Gasteiger partial charge >= 0.3 is 7.82 Å². The zero-order valence-corrected chi connectivity index (χ0v) is 9.01. The van der Waals surface area contributed by atoms with Crippen LogP contribution in [-0.4, -0.2) is 47.0 Å². The monoisotopic (exact) mass is 240 g/mol. The van der Waals surface area contributed by atoms with Gasteiger partial charge in [-0.3, -0.25) is 4.52 Å². The molecule has 1 unspecified atom stereocenters. The predicted octanol–water partition coefficient (Wildman–Crippen LogP) is -0.780. The van der Waals surface area contributed by atoms with Gasteiger partial charge < -0.3 is 15.3 Å². The van der Waals surface area contributed by atoms with Gasteiger partial charge in [-0.1, -0.05) is 0 Å². The van der Waals surface area contributed by atoms with Crippen LogP contribution in [0.25, 0.3) is 0 Å². The molecule has 3 saturated heterocycles. The third-order valence-corrected chi connectivity index (χ3v) is 4.53. The maximum atomic E-state index is 11.4. The molecule has 0 aromatic heterocycles. The zero-order valence-electron chi connectivity index (χ0n) is 8.12. The molecular formula is C7H13O7P. The molecule has 0 aromatic rings. The SMILES string of the molecule is CC1OP2(=O)OC1(C(CO)(CO)CO)O2. The van der Waals surface area contributed by atoms with Crippen LogP contribution >= 0.6 is 7.82 Å². The standard InChI is InChI=1S/C7H13O7P/c1-5-7(6(2-8,3-9)4-10)13-15(11,12-5)14-7/h5,8-10H,2-4H2,1H3. The second-order valence-electron chi connectivity index (χ2n) is 3.80. The second-order valence-corrected chi connectivity index (χ2v) is 5.27. The highest BCUT2D eigenvalue weighted by molar-refractivity contribution is 7.50. The summed E-state index contributed by atoms with van der Waals surface area (Å²) in [4.78, 5) is 0. The molecule has 15 heavy (non-hydrogen) atoms. The number of hydrogen-bond acceptors (Lipinski definition) is 7. The molecule has 1 atom stereocenters. The summed E-state index contributed by atoms with van der Waals surface area (Å²) in [6.45, 7) is -0.141. The highest BCUT2D eigenvalue weighted by atomic mass is 31.2. The molecule has 3 aliphatic heterocycles. The van der Waals surface area contributed by atoms with Gasteiger partial charge in [0, 0.05) is 0 Å². The number of phosphoric acid groups is 1. The maximum Gasteiger partial charge on any atom is 0.480 e. The summed E-state index contributed by atoms with van der Waals surface area (Å²) in [5, 5.41) is 27.6. The van der Waals surface area contributed by atoms with Crippen molar-refractivity contribution in [2.24, 2.45) is 5.41 Å². The van der Waals surface area contributed by atoms with Crippen molar-refractivity contribution in [3.63, 3.8) is 0 Å². The van der Waals surface area contributed by atoms with Crippen molar-refractivity contribution >= 4 is 7.82 Å². The van der Waals surface area contributed by atoms with E-state index >= 15 is 0 Å². The molecule has 0 saturated carbocycles. The van der Waals surface area contributed by atoms with Gasteiger partial charge in [-0.05, 0) is 6.92 Å². The van der Waals surface area contributed by atoms with E-state index in [2.05, 4.69) is 0 Å². The van der Waals surface area contributed by atoms with Crippen molar-refractivity contribution in [1.82, 2.24) is 0 Å². The average molecular weight is 240 g/mol. The van der Waals surface area contributed by atoms with Crippen molar-refractivity contribution in [3.8, 4) is 0 Å². The summed E-state index contributed by atoms with van der Waals surface area (Å²) < 4.78 is 26.3. The van der Waals surface area contributed by atoms with E-state index in [0.717, 1.165) is 0 Å². The Morgan fingerprint density at radius 3 is 2.00 bits per heavy atom. The fourth-order valence-electron chi connectivity index (χ4n) is 1.90. The summed E-state index contributed by atoms with van der Waals surface area (Å²) in [5.74, 6) is -1.51. The van der Waals surface area contributed by atoms with Crippen LogP contribution in [0, 0.1) is 5.41 Å². The van der Waals surface area contributed by atoms with Crippen LogP contribution in [0.3, 0.4) is 0 Å². The van der Waals surface area contributed by atoms with Gasteiger partial charge in [0.1, 0.15) is 6.10 Å². The van der Waals surface area contributed by atoms with Gasteiger partial charge in [0.2, 0.25) is 5.79 Å². The van der Waals surface area contributed by atoms with Gasteiger partial charge in [0.15, 0.2) is 0 Å². The molecule has 8 heteroatoms. The summed E-state index contributed by atoms with van der Waals surface area (Å²) in [7, 11) is -3.49. The van der Waals surface area contributed by atoms with Gasteiger partial charge in [-0.25, -0.2) is 13.6 Å². The minimum Gasteiger partial charge on any atom is -0.395 e. The molecule has 7 nitrogen and oxygen atoms in total. The van der Waals surface area contributed by atoms with Crippen LogP contribution in [0.1, 0.15) is 6.92 Å². The minimum absolute atomic E-state index is 0.562. The molecular weight excluding hydrogens is 227 g/mol. The number of aliphatic hydroxyl groups excluding tert-OH is 3. The summed E-state index contributed by atoms with van der Waals surface area (Å²) in [6.07, 6.45) is -0.713. The van der Waals surface area contributed by atoms with Crippen molar-refractivity contribution in [2.45, 2.75) is 18.8 Å². The molecule has 3 fully saturated rings. The van der Waals surface area contributed by atoms with E-state index in [1.54, 1.807) is 6.92 Å². The van der Waals surface area contributed by atoms with E-state index in [-0.39, 0.29) is 0 Å². The van der Waals surface area contributed by atoms with E-state index in [4.69, 9.17) is 13.6 Å². The molecule has 0 amide bonds. The molecule has 0 aromatic carbocycles. The molecule has 3 rings (SSSR count). The Morgan fingerprint density at radius 2 is 1.73 bits per heavy atom. The Bertz CT molecular complexity index is 294. The first kappa shape index (κ1) is 11.5. The van der Waals surface area contributed by atoms with Crippen LogP contribution in [0.4, 0.5) is 0 Å². The maximum absolute atomic E-state index is 11.4. The van der Waals surface area contributed by atoms with E-state index in [0.29, 0.717) is 0 Å². The largest absolute Gasteiger partial charge is 0.480 e. The van der Waals surface area contributed by atoms with Gasteiger partial charge in [0.05, 0.1) is 25.2 Å². The Kier molecular flexibility index (Phi) is 2.48. The third-order valence-electron chi connectivity index (χ3n) is 2.96. The van der Waals surface area contributed by atoms with E-state index in [1.165, 1.54) is 0 Å². The lowest BCUT2D eigenvalue weighted by Crippen LogP contribution is -2.62. The van der Waals surface area contributed by atoms with E-state index in [9.17, 15) is 19.9 Å². The number of phosphoric ester groups is 1. The average Bonchev–Trinajstić information content (AvgIpc) is 2.56. The fraction of sp³-hybridized carbons (Fsp3) is 1.00. The summed E-state index contributed by atoms with van der Waals surface area (Å²) >= 11 is 0. The molecule has 0 spiro atoms. The van der Waals surface area contributed by atoms with Crippen molar-refractivity contribution in [1.29, 1.82) is 0 Å². The minimum atomic E-state index is -3.49. The number of fused-ring (bicyclic) bond motifs is 1. The van der Waals surface area contributed by atoms with Crippen molar-refractivity contribution in [3.05, 3.63) is 0 Å². The van der Waals surface area contributed by atoms with Crippen molar-refractivity contribution < 1.29 is 33.5 Å². The molecule has 88 valence electrons. The first-order chi connectivity index (χ1) is 6.97. The Hall–Kier alpha value is -0.0100. The Morgan fingerprint density at radius 1 is 1.27 bits per heavy atom. The van der Waals surface area contributed by atoms with Gasteiger partial charge in [-0.15, -0.1) is 0 Å². The van der Waals surface area contributed by atoms with Crippen LogP contribution < -0.4 is 0 Å². The quantitative estimate of drug-likeness (QED) is 0.553. The number of rotatable bonds is 4. The smallest absolute Gasteiger partial charge is 0.395 e. The van der Waals surface area contributed by atoms with Crippen LogP contribution in [0.2, 0.25) is 0 Å².